The van der Waals surface area contributed by atoms with Crippen LogP contribution in [0.2, 0.25) is 0 Å². The van der Waals surface area contributed by atoms with Crippen LogP contribution in [0.1, 0.15) is 5.69 Å². The lowest BCUT2D eigenvalue weighted by molar-refractivity contribution is -0.146. The fraction of sp³-hybridized carbons (Fsp3) is 0.286. The Labute approximate surface area is 115 Å². The van der Waals surface area contributed by atoms with Crippen molar-refractivity contribution in [3.63, 3.8) is 0 Å². The Balaban J connectivity index is 2.06. The second-order valence-corrected chi connectivity index (χ2v) is 4.59. The summed E-state index contributed by atoms with van der Waals surface area (Å²) in [4.78, 5) is 22.2. The van der Waals surface area contributed by atoms with Crippen molar-refractivity contribution in [3.8, 4) is 0 Å². The van der Waals surface area contributed by atoms with Gasteiger partial charge in [0, 0.05) is 11.2 Å². The van der Waals surface area contributed by atoms with Crippen LogP contribution in [0.3, 0.4) is 0 Å². The maximum Gasteiger partial charge on any atom is 0.334 e. The number of benzene rings is 1. The molecule has 1 heterocycles. The van der Waals surface area contributed by atoms with Gasteiger partial charge in [0.2, 0.25) is 5.91 Å². The largest absolute Gasteiger partial charge is 0.479 e. The standard InChI is InChI=1S/C14H16N2O4/c1-9-6-10-4-2-3-5-11(10)16(9)8-13(18)15-7-12(17)14(19)20/h2-6,12,17H,7-8H2,1H3,(H,15,18)(H,19,20). The predicted molar refractivity (Wildman–Crippen MR) is 73.3 cm³/mol. The van der Waals surface area contributed by atoms with E-state index in [0.29, 0.717) is 0 Å². The number of aliphatic hydroxyl groups is 1. The van der Waals surface area contributed by atoms with Gasteiger partial charge in [0.15, 0.2) is 6.10 Å². The minimum atomic E-state index is -1.58. The Morgan fingerprint density at radius 2 is 2.05 bits per heavy atom. The molecule has 1 amide bonds. The number of aromatic nitrogens is 1. The highest BCUT2D eigenvalue weighted by molar-refractivity contribution is 5.84. The van der Waals surface area contributed by atoms with Crippen molar-refractivity contribution >= 4 is 22.8 Å². The van der Waals surface area contributed by atoms with Crippen molar-refractivity contribution in [1.29, 1.82) is 0 Å². The minimum absolute atomic E-state index is 0.0890. The Bertz CT molecular complexity index is 648. The molecule has 6 nitrogen and oxygen atoms in total. The van der Waals surface area contributed by atoms with Gasteiger partial charge in [0.05, 0.1) is 6.54 Å². The fourth-order valence-corrected chi connectivity index (χ4v) is 2.06. The molecule has 0 aliphatic rings. The van der Waals surface area contributed by atoms with E-state index in [1.165, 1.54) is 0 Å². The third kappa shape index (κ3) is 2.97. The van der Waals surface area contributed by atoms with Crippen LogP contribution in [0.5, 0.6) is 0 Å². The van der Waals surface area contributed by atoms with E-state index in [1.807, 2.05) is 41.8 Å². The number of rotatable bonds is 5. The highest BCUT2D eigenvalue weighted by Crippen LogP contribution is 2.18. The summed E-state index contributed by atoms with van der Waals surface area (Å²) in [5, 5.41) is 21.1. The van der Waals surface area contributed by atoms with Crippen molar-refractivity contribution < 1.29 is 19.8 Å². The number of para-hydroxylation sites is 1. The molecule has 0 aliphatic heterocycles. The van der Waals surface area contributed by atoms with E-state index in [1.54, 1.807) is 0 Å². The number of aliphatic carboxylic acids is 1. The summed E-state index contributed by atoms with van der Waals surface area (Å²) in [5.41, 5.74) is 1.89. The first-order valence-corrected chi connectivity index (χ1v) is 6.21. The number of carboxylic acid groups (broad SMARTS) is 1. The van der Waals surface area contributed by atoms with Crippen molar-refractivity contribution in [1.82, 2.24) is 9.88 Å². The predicted octanol–water partition coefficient (Wildman–Crippen LogP) is 0.511. The van der Waals surface area contributed by atoms with E-state index in [4.69, 9.17) is 10.2 Å². The first-order chi connectivity index (χ1) is 9.49. The van der Waals surface area contributed by atoms with Gasteiger partial charge in [0.1, 0.15) is 6.54 Å². The van der Waals surface area contributed by atoms with Gasteiger partial charge in [-0.05, 0) is 24.4 Å². The van der Waals surface area contributed by atoms with Gasteiger partial charge in [-0.3, -0.25) is 4.79 Å². The number of fused-ring (bicyclic) bond motifs is 1. The lowest BCUT2D eigenvalue weighted by Gasteiger charge is -2.10. The zero-order valence-electron chi connectivity index (χ0n) is 11.0. The Morgan fingerprint density at radius 1 is 1.35 bits per heavy atom. The molecule has 0 fully saturated rings. The first-order valence-electron chi connectivity index (χ1n) is 6.21. The van der Waals surface area contributed by atoms with Gasteiger partial charge in [-0.2, -0.15) is 0 Å². The number of carboxylic acids is 1. The second kappa shape index (κ2) is 5.75. The van der Waals surface area contributed by atoms with E-state index in [2.05, 4.69) is 5.32 Å². The molecule has 1 unspecified atom stereocenters. The average molecular weight is 276 g/mol. The fourth-order valence-electron chi connectivity index (χ4n) is 2.06. The van der Waals surface area contributed by atoms with Gasteiger partial charge in [0.25, 0.3) is 0 Å². The summed E-state index contributed by atoms with van der Waals surface area (Å²) in [6.07, 6.45) is -1.58. The van der Waals surface area contributed by atoms with Crippen LogP contribution in [0.25, 0.3) is 10.9 Å². The van der Waals surface area contributed by atoms with Crippen LogP contribution in [0, 0.1) is 6.92 Å². The monoisotopic (exact) mass is 276 g/mol. The molecule has 106 valence electrons. The third-order valence-corrected chi connectivity index (χ3v) is 3.10. The summed E-state index contributed by atoms with van der Waals surface area (Å²) in [5.74, 6) is -1.69. The lowest BCUT2D eigenvalue weighted by Crippen LogP contribution is -2.38. The molecule has 0 spiro atoms. The molecule has 20 heavy (non-hydrogen) atoms. The Hall–Kier alpha value is -2.34. The number of hydrogen-bond acceptors (Lipinski definition) is 3. The first kappa shape index (κ1) is 14.1. The Kier molecular flexibility index (Phi) is 4.05. The molecule has 0 aliphatic carbocycles. The molecule has 3 N–H and O–H groups in total. The van der Waals surface area contributed by atoms with Crippen LogP contribution in [-0.2, 0) is 16.1 Å². The topological polar surface area (TPSA) is 91.6 Å². The number of aliphatic hydroxyl groups excluding tert-OH is 1. The van der Waals surface area contributed by atoms with Crippen LogP contribution in [0.15, 0.2) is 30.3 Å². The number of amides is 1. The van der Waals surface area contributed by atoms with E-state index < -0.39 is 12.1 Å². The quantitative estimate of drug-likeness (QED) is 0.742. The normalized spacial score (nSPS) is 12.3. The molecule has 2 aromatic rings. The lowest BCUT2D eigenvalue weighted by atomic mass is 10.2. The smallest absolute Gasteiger partial charge is 0.334 e. The van der Waals surface area contributed by atoms with E-state index in [-0.39, 0.29) is 19.0 Å². The number of nitrogens with zero attached hydrogens (tertiary/aromatic N) is 1. The van der Waals surface area contributed by atoms with Crippen molar-refractivity contribution in [2.24, 2.45) is 0 Å². The molecule has 0 saturated carbocycles. The number of aryl methyl sites for hydroxylation is 1. The Morgan fingerprint density at radius 3 is 2.75 bits per heavy atom. The van der Waals surface area contributed by atoms with E-state index >= 15 is 0 Å². The minimum Gasteiger partial charge on any atom is -0.479 e. The molecule has 0 bridgehead atoms. The van der Waals surface area contributed by atoms with Crippen molar-refractivity contribution in [3.05, 3.63) is 36.0 Å². The van der Waals surface area contributed by atoms with E-state index in [0.717, 1.165) is 16.6 Å². The van der Waals surface area contributed by atoms with Crippen LogP contribution in [-0.4, -0.2) is 39.3 Å². The molecule has 1 aromatic heterocycles. The van der Waals surface area contributed by atoms with Crippen LogP contribution < -0.4 is 5.32 Å². The molecule has 1 aromatic carbocycles. The highest BCUT2D eigenvalue weighted by atomic mass is 16.4. The number of carbonyl (C=O) groups is 2. The van der Waals surface area contributed by atoms with Gasteiger partial charge >= 0.3 is 5.97 Å². The SMILES string of the molecule is Cc1cc2ccccc2n1CC(=O)NCC(O)C(=O)O. The highest BCUT2D eigenvalue weighted by Gasteiger charge is 2.15. The van der Waals surface area contributed by atoms with Crippen molar-refractivity contribution in [2.45, 2.75) is 19.6 Å². The molecule has 1 atom stereocenters. The van der Waals surface area contributed by atoms with Crippen molar-refractivity contribution in [2.75, 3.05) is 6.54 Å². The molecular formula is C14H16N2O4. The molecule has 0 radical (unpaired) electrons. The summed E-state index contributed by atoms with van der Waals surface area (Å²) in [7, 11) is 0. The summed E-state index contributed by atoms with van der Waals surface area (Å²) >= 11 is 0. The average Bonchev–Trinajstić information content (AvgIpc) is 2.72. The van der Waals surface area contributed by atoms with Crippen LogP contribution >= 0.6 is 0 Å². The molecule has 6 heteroatoms. The number of hydrogen-bond donors (Lipinski definition) is 3. The van der Waals surface area contributed by atoms with Crippen LogP contribution in [0.4, 0.5) is 0 Å². The maximum absolute atomic E-state index is 11.8. The summed E-state index contributed by atoms with van der Waals surface area (Å²) < 4.78 is 1.85. The zero-order chi connectivity index (χ0) is 14.7. The molecular weight excluding hydrogens is 260 g/mol. The van der Waals surface area contributed by atoms with Gasteiger partial charge in [-0.1, -0.05) is 18.2 Å². The third-order valence-electron chi connectivity index (χ3n) is 3.10. The maximum atomic E-state index is 11.8. The molecule has 2 rings (SSSR count). The van der Waals surface area contributed by atoms with Gasteiger partial charge in [-0.15, -0.1) is 0 Å². The van der Waals surface area contributed by atoms with E-state index in [9.17, 15) is 9.59 Å². The zero-order valence-corrected chi connectivity index (χ0v) is 11.0. The summed E-state index contributed by atoms with van der Waals surface area (Å²) in [6.45, 7) is 1.69. The second-order valence-electron chi connectivity index (χ2n) is 4.59. The number of carbonyl (C=O) groups excluding carboxylic acids is 1. The van der Waals surface area contributed by atoms with Gasteiger partial charge < -0.3 is 20.1 Å². The number of nitrogens with one attached hydrogen (secondary N) is 1. The molecule has 0 saturated heterocycles. The van der Waals surface area contributed by atoms with Gasteiger partial charge in [-0.25, -0.2) is 4.79 Å². The summed E-state index contributed by atoms with van der Waals surface area (Å²) in [6, 6.07) is 9.68.